The molecule has 0 aromatic heterocycles. The predicted octanol–water partition coefficient (Wildman–Crippen LogP) is 1.56. The van der Waals surface area contributed by atoms with Crippen LogP contribution in [0.25, 0.3) is 0 Å². The predicted molar refractivity (Wildman–Crippen MR) is 96.8 cm³/mol. The van der Waals surface area contributed by atoms with Gasteiger partial charge in [0.2, 0.25) is 5.91 Å². The Kier molecular flexibility index (Phi) is 6.04. The van der Waals surface area contributed by atoms with Crippen molar-refractivity contribution in [1.82, 2.24) is 15.1 Å². The minimum absolute atomic E-state index is 0.267. The average molecular weight is 344 g/mol. The van der Waals surface area contributed by atoms with E-state index in [0.717, 1.165) is 39.0 Å². The zero-order valence-corrected chi connectivity index (χ0v) is 14.7. The lowest BCUT2D eigenvalue weighted by atomic mass is 9.89. The highest BCUT2D eigenvalue weighted by Gasteiger charge is 2.35. The summed E-state index contributed by atoms with van der Waals surface area (Å²) in [7, 11) is 0. The molecular formula is C19H28N4O2. The highest BCUT2D eigenvalue weighted by Crippen LogP contribution is 2.30. The average Bonchev–Trinajstić information content (AvgIpc) is 3.03. The molecule has 25 heavy (non-hydrogen) atoms. The quantitative estimate of drug-likeness (QED) is 0.850. The lowest BCUT2D eigenvalue weighted by Crippen LogP contribution is -2.48. The van der Waals surface area contributed by atoms with Crippen LogP contribution < -0.4 is 11.1 Å². The molecule has 3 rings (SSSR count). The second kappa shape index (κ2) is 8.45. The molecule has 1 aromatic carbocycles. The molecule has 2 fully saturated rings. The molecule has 1 aromatic rings. The summed E-state index contributed by atoms with van der Waals surface area (Å²) in [5.74, 6) is 0.290. The smallest absolute Gasteiger partial charge is 0.318 e. The van der Waals surface area contributed by atoms with Gasteiger partial charge in [0.15, 0.2) is 0 Å². The van der Waals surface area contributed by atoms with Crippen molar-refractivity contribution in [2.24, 2.45) is 11.7 Å². The number of piperidine rings is 1. The maximum Gasteiger partial charge on any atom is 0.318 e. The van der Waals surface area contributed by atoms with Crippen molar-refractivity contribution in [2.75, 3.05) is 26.2 Å². The van der Waals surface area contributed by atoms with Gasteiger partial charge in [-0.15, -0.1) is 0 Å². The van der Waals surface area contributed by atoms with Gasteiger partial charge < -0.3 is 5.73 Å². The number of nitrogens with one attached hydrogen (secondary N) is 1. The van der Waals surface area contributed by atoms with Crippen LogP contribution in [-0.4, -0.2) is 54.0 Å². The first kappa shape index (κ1) is 17.9. The van der Waals surface area contributed by atoms with Crippen LogP contribution in [0.2, 0.25) is 0 Å². The van der Waals surface area contributed by atoms with Crippen molar-refractivity contribution in [1.29, 1.82) is 0 Å². The van der Waals surface area contributed by atoms with E-state index in [2.05, 4.69) is 45.4 Å². The zero-order valence-electron chi connectivity index (χ0n) is 14.7. The monoisotopic (exact) mass is 344 g/mol. The topological polar surface area (TPSA) is 78.7 Å². The Bertz CT molecular complexity index is 592. The van der Waals surface area contributed by atoms with Gasteiger partial charge in [-0.05, 0) is 50.3 Å². The van der Waals surface area contributed by atoms with Gasteiger partial charge in [-0.1, -0.05) is 30.3 Å². The normalized spacial score (nSPS) is 25.0. The third kappa shape index (κ3) is 5.03. The van der Waals surface area contributed by atoms with Crippen LogP contribution in [0.5, 0.6) is 0 Å². The Morgan fingerprint density at radius 2 is 1.88 bits per heavy atom. The second-order valence-electron chi connectivity index (χ2n) is 7.22. The van der Waals surface area contributed by atoms with Crippen molar-refractivity contribution in [3.05, 3.63) is 35.9 Å². The van der Waals surface area contributed by atoms with Gasteiger partial charge in [0, 0.05) is 19.1 Å². The van der Waals surface area contributed by atoms with Gasteiger partial charge in [-0.2, -0.15) is 0 Å². The van der Waals surface area contributed by atoms with E-state index in [1.54, 1.807) is 0 Å². The van der Waals surface area contributed by atoms with Crippen LogP contribution in [0, 0.1) is 5.92 Å². The summed E-state index contributed by atoms with van der Waals surface area (Å²) < 4.78 is 0. The zero-order chi connectivity index (χ0) is 17.6. The Hall–Kier alpha value is -1.92. The molecule has 0 aliphatic carbocycles. The minimum atomic E-state index is -0.771. The number of hydrogen-bond acceptors (Lipinski definition) is 4. The number of urea groups is 1. The van der Waals surface area contributed by atoms with Crippen molar-refractivity contribution >= 4 is 11.9 Å². The Labute approximate surface area is 149 Å². The summed E-state index contributed by atoms with van der Waals surface area (Å²) in [4.78, 5) is 27.5. The molecule has 6 nitrogen and oxygen atoms in total. The molecule has 2 unspecified atom stereocenters. The van der Waals surface area contributed by atoms with Crippen LogP contribution in [0.15, 0.2) is 30.3 Å². The molecule has 0 saturated carbocycles. The van der Waals surface area contributed by atoms with E-state index in [4.69, 9.17) is 5.73 Å². The molecule has 3 N–H and O–H groups in total. The largest absolute Gasteiger partial charge is 0.351 e. The number of carbonyl (C=O) groups excluding carboxylic acids is 2. The first-order valence-electron chi connectivity index (χ1n) is 9.21. The summed E-state index contributed by atoms with van der Waals surface area (Å²) in [5, 5.41) is 2.18. The molecule has 2 heterocycles. The van der Waals surface area contributed by atoms with Gasteiger partial charge in [0.1, 0.15) is 0 Å². The van der Waals surface area contributed by atoms with Gasteiger partial charge in [-0.25, -0.2) is 4.79 Å². The molecule has 136 valence electrons. The molecule has 3 amide bonds. The minimum Gasteiger partial charge on any atom is -0.351 e. The summed E-state index contributed by atoms with van der Waals surface area (Å²) in [6, 6.07) is 10.2. The lowest BCUT2D eigenvalue weighted by molar-refractivity contribution is -0.121. The number of benzene rings is 1. The van der Waals surface area contributed by atoms with Crippen molar-refractivity contribution in [3.8, 4) is 0 Å². The Morgan fingerprint density at radius 1 is 1.12 bits per heavy atom. The number of nitrogens with two attached hydrogens (primary N) is 1. The third-order valence-electron chi connectivity index (χ3n) is 5.36. The summed E-state index contributed by atoms with van der Waals surface area (Å²) in [5.41, 5.74) is 6.39. The number of rotatable bonds is 5. The number of amides is 3. The highest BCUT2D eigenvalue weighted by molar-refractivity contribution is 5.94. The van der Waals surface area contributed by atoms with Crippen molar-refractivity contribution in [2.45, 2.75) is 38.3 Å². The molecule has 0 bridgehead atoms. The fourth-order valence-corrected chi connectivity index (χ4v) is 4.33. The molecule has 2 aliphatic heterocycles. The second-order valence-corrected chi connectivity index (χ2v) is 7.22. The van der Waals surface area contributed by atoms with Crippen LogP contribution >= 0.6 is 0 Å². The number of nitrogens with zero attached hydrogens (tertiary/aromatic N) is 2. The van der Waals surface area contributed by atoms with E-state index in [0.29, 0.717) is 12.0 Å². The lowest BCUT2D eigenvalue weighted by Gasteiger charge is -2.39. The molecule has 0 radical (unpaired) electrons. The highest BCUT2D eigenvalue weighted by atomic mass is 16.2. The molecule has 2 atom stereocenters. The maximum absolute atomic E-state index is 11.9. The van der Waals surface area contributed by atoms with Crippen LogP contribution in [0.4, 0.5) is 4.79 Å². The molecule has 2 saturated heterocycles. The maximum atomic E-state index is 11.9. The Balaban J connectivity index is 1.56. The van der Waals surface area contributed by atoms with Crippen LogP contribution in [-0.2, 0) is 11.3 Å². The standard InChI is InChI=1S/C19H28N4O2/c20-19(25)21-18(24)14-23-11-5-9-17(23)16-8-4-10-22(13-16)12-15-6-2-1-3-7-15/h1-3,6-7,16-17H,4-5,8-14H2,(H3,20,21,24,25). The fourth-order valence-electron chi connectivity index (χ4n) is 4.33. The first-order chi connectivity index (χ1) is 12.1. The Morgan fingerprint density at radius 3 is 2.64 bits per heavy atom. The molecule has 6 heteroatoms. The first-order valence-corrected chi connectivity index (χ1v) is 9.21. The van der Waals surface area contributed by atoms with E-state index in [-0.39, 0.29) is 12.5 Å². The number of carbonyl (C=O) groups is 2. The van der Waals surface area contributed by atoms with E-state index >= 15 is 0 Å². The number of imide groups is 1. The third-order valence-corrected chi connectivity index (χ3v) is 5.36. The van der Waals surface area contributed by atoms with Crippen molar-refractivity contribution in [3.63, 3.8) is 0 Å². The van der Waals surface area contributed by atoms with E-state index in [1.165, 1.54) is 18.4 Å². The number of likely N-dealkylation sites (tertiary alicyclic amines) is 2. The fraction of sp³-hybridized carbons (Fsp3) is 0.579. The summed E-state index contributed by atoms with van der Waals surface area (Å²) >= 11 is 0. The SMILES string of the molecule is NC(=O)NC(=O)CN1CCCC1C1CCCN(Cc2ccccc2)C1. The van der Waals surface area contributed by atoms with E-state index in [9.17, 15) is 9.59 Å². The van der Waals surface area contributed by atoms with E-state index in [1.807, 2.05) is 0 Å². The summed E-state index contributed by atoms with van der Waals surface area (Å²) in [6.07, 6.45) is 4.66. The molecule has 2 aliphatic rings. The summed E-state index contributed by atoms with van der Waals surface area (Å²) in [6.45, 7) is 4.40. The number of hydrogen-bond donors (Lipinski definition) is 2. The number of primary amides is 1. The molecular weight excluding hydrogens is 316 g/mol. The van der Waals surface area contributed by atoms with Gasteiger partial charge in [0.25, 0.3) is 0 Å². The van der Waals surface area contributed by atoms with E-state index < -0.39 is 6.03 Å². The molecule has 0 spiro atoms. The van der Waals surface area contributed by atoms with Crippen LogP contribution in [0.3, 0.4) is 0 Å². The van der Waals surface area contributed by atoms with Gasteiger partial charge in [-0.3, -0.25) is 19.9 Å². The van der Waals surface area contributed by atoms with Crippen molar-refractivity contribution < 1.29 is 9.59 Å². The van der Waals surface area contributed by atoms with Gasteiger partial charge in [0.05, 0.1) is 6.54 Å². The van der Waals surface area contributed by atoms with Crippen LogP contribution in [0.1, 0.15) is 31.2 Å². The van der Waals surface area contributed by atoms with Gasteiger partial charge >= 0.3 is 6.03 Å².